The van der Waals surface area contributed by atoms with Crippen molar-refractivity contribution in [2.45, 2.75) is 20.8 Å². The highest BCUT2D eigenvalue weighted by Crippen LogP contribution is 2.28. The molecule has 0 spiro atoms. The maximum atomic E-state index is 12.7. The first kappa shape index (κ1) is 17.2. The van der Waals surface area contributed by atoms with Gasteiger partial charge in [0.25, 0.3) is 0 Å². The number of fused-ring (bicyclic) bond motifs is 1. The Balaban J connectivity index is 1.80. The molecule has 0 aliphatic heterocycles. The molecule has 0 fully saturated rings. The number of Topliss-reactive ketones (excluding diaryl/α,β-unsaturated/α-hetero) is 1. The fourth-order valence-electron chi connectivity index (χ4n) is 3.10. The molecule has 0 bridgehead atoms. The zero-order valence-corrected chi connectivity index (χ0v) is 15.7. The largest absolute Gasteiger partial charge is 0.344 e. The summed E-state index contributed by atoms with van der Waals surface area (Å²) in [5.74, 6) is 0.0539. The van der Waals surface area contributed by atoms with Gasteiger partial charge in [0.2, 0.25) is 0 Å². The molecule has 0 aliphatic carbocycles. The topological polar surface area (TPSA) is 58.6 Å². The van der Waals surface area contributed by atoms with Gasteiger partial charge in [-0.2, -0.15) is 0 Å². The van der Waals surface area contributed by atoms with Crippen LogP contribution < -0.4 is 0 Å². The predicted octanol–water partition coefficient (Wildman–Crippen LogP) is 5.52. The van der Waals surface area contributed by atoms with Crippen LogP contribution in [0.4, 0.5) is 0 Å². The van der Waals surface area contributed by atoms with Crippen LogP contribution in [0.15, 0.2) is 67.0 Å². The van der Waals surface area contributed by atoms with Crippen LogP contribution in [0.25, 0.3) is 33.5 Å². The lowest BCUT2D eigenvalue weighted by Gasteiger charge is -2.15. The number of aromatic amines is 1. The second-order valence-corrected chi connectivity index (χ2v) is 7.68. The van der Waals surface area contributed by atoms with Crippen molar-refractivity contribution in [1.82, 2.24) is 15.0 Å². The van der Waals surface area contributed by atoms with Gasteiger partial charge in [0.05, 0.1) is 17.5 Å². The van der Waals surface area contributed by atoms with E-state index in [0.717, 1.165) is 22.4 Å². The lowest BCUT2D eigenvalue weighted by Crippen LogP contribution is -2.20. The van der Waals surface area contributed by atoms with Gasteiger partial charge >= 0.3 is 0 Å². The highest BCUT2D eigenvalue weighted by atomic mass is 16.1. The summed E-state index contributed by atoms with van der Waals surface area (Å²) in [6.45, 7) is 5.73. The minimum absolute atomic E-state index is 0.0539. The Hall–Kier alpha value is -3.27. The van der Waals surface area contributed by atoms with Gasteiger partial charge in [-0.15, -0.1) is 0 Å². The number of H-pyrrole nitrogens is 1. The molecule has 0 saturated carbocycles. The fourth-order valence-corrected chi connectivity index (χ4v) is 3.10. The molecule has 4 nitrogen and oxygen atoms in total. The van der Waals surface area contributed by atoms with E-state index >= 15 is 0 Å². The van der Waals surface area contributed by atoms with Crippen LogP contribution in [0.5, 0.6) is 0 Å². The molecule has 2 heterocycles. The van der Waals surface area contributed by atoms with Crippen molar-refractivity contribution in [1.29, 1.82) is 0 Å². The highest BCUT2D eigenvalue weighted by molar-refractivity contribution is 6.08. The number of rotatable bonds is 3. The van der Waals surface area contributed by atoms with Gasteiger partial charge in [0.15, 0.2) is 11.4 Å². The van der Waals surface area contributed by atoms with E-state index in [1.54, 1.807) is 12.4 Å². The number of aromatic nitrogens is 3. The number of carbonyl (C=O) groups excluding carboxylic acids is 1. The van der Waals surface area contributed by atoms with Gasteiger partial charge in [0.1, 0.15) is 5.52 Å². The summed E-state index contributed by atoms with van der Waals surface area (Å²) in [5.41, 5.74) is 5.37. The summed E-state index contributed by atoms with van der Waals surface area (Å²) in [6, 6.07) is 18.4. The van der Waals surface area contributed by atoms with E-state index < -0.39 is 5.41 Å². The van der Waals surface area contributed by atoms with Crippen molar-refractivity contribution < 1.29 is 4.79 Å². The maximum absolute atomic E-state index is 12.7. The molecular formula is C23H21N3O. The average molecular weight is 355 g/mol. The number of ketones is 1. The summed E-state index contributed by atoms with van der Waals surface area (Å²) >= 11 is 0. The molecule has 0 aliphatic rings. The number of carbonyl (C=O) groups is 1. The van der Waals surface area contributed by atoms with Crippen molar-refractivity contribution >= 4 is 16.9 Å². The molecule has 134 valence electrons. The standard InChI is InChI=1S/C23H21N3O/c1-23(2,3)21(27)18-13-24-22-20(18)26-19(14-25-22)17-11-7-10-16(12-17)15-8-5-4-6-9-15/h4-14H,1-3H3,(H,24,25). The molecule has 4 rings (SSSR count). The Bertz CT molecular complexity index is 1120. The van der Waals surface area contributed by atoms with Crippen LogP contribution in [0, 0.1) is 5.41 Å². The molecule has 0 saturated heterocycles. The monoisotopic (exact) mass is 355 g/mol. The second kappa shape index (κ2) is 6.47. The first-order valence-electron chi connectivity index (χ1n) is 8.98. The molecule has 1 N–H and O–H groups in total. The zero-order valence-electron chi connectivity index (χ0n) is 15.7. The predicted molar refractivity (Wildman–Crippen MR) is 109 cm³/mol. The van der Waals surface area contributed by atoms with Crippen LogP contribution in [0.3, 0.4) is 0 Å². The van der Waals surface area contributed by atoms with Gasteiger partial charge in [0, 0.05) is 17.2 Å². The van der Waals surface area contributed by atoms with Crippen LogP contribution >= 0.6 is 0 Å². The quantitative estimate of drug-likeness (QED) is 0.492. The number of nitrogens with zero attached hydrogens (tertiary/aromatic N) is 2. The maximum Gasteiger partial charge on any atom is 0.171 e. The van der Waals surface area contributed by atoms with Gasteiger partial charge < -0.3 is 4.98 Å². The summed E-state index contributed by atoms with van der Waals surface area (Å²) in [6.07, 6.45) is 3.46. The lowest BCUT2D eigenvalue weighted by atomic mass is 9.87. The van der Waals surface area contributed by atoms with Crippen molar-refractivity contribution in [3.8, 4) is 22.4 Å². The van der Waals surface area contributed by atoms with Gasteiger partial charge in [-0.25, -0.2) is 9.97 Å². The molecule has 0 atom stereocenters. The van der Waals surface area contributed by atoms with Crippen LogP contribution in [-0.4, -0.2) is 20.7 Å². The zero-order chi connectivity index (χ0) is 19.0. The van der Waals surface area contributed by atoms with Gasteiger partial charge in [-0.3, -0.25) is 4.79 Å². The number of benzene rings is 2. The van der Waals surface area contributed by atoms with E-state index in [-0.39, 0.29) is 5.78 Å². The SMILES string of the molecule is CC(C)(C)C(=O)c1c[nH]c2ncc(-c3cccc(-c4ccccc4)c3)nc12. The van der Waals surface area contributed by atoms with E-state index in [9.17, 15) is 4.79 Å². The highest BCUT2D eigenvalue weighted by Gasteiger charge is 2.26. The summed E-state index contributed by atoms with van der Waals surface area (Å²) in [4.78, 5) is 25.0. The van der Waals surface area contributed by atoms with Gasteiger partial charge in [-0.05, 0) is 17.2 Å². The van der Waals surface area contributed by atoms with E-state index in [2.05, 4.69) is 34.2 Å². The Labute approximate surface area is 158 Å². The molecule has 4 aromatic rings. The molecule has 2 aromatic carbocycles. The molecule has 0 amide bonds. The second-order valence-electron chi connectivity index (χ2n) is 7.68. The smallest absolute Gasteiger partial charge is 0.171 e. The van der Waals surface area contributed by atoms with Crippen LogP contribution in [0.1, 0.15) is 31.1 Å². The number of nitrogens with one attached hydrogen (secondary N) is 1. The molecule has 0 unspecified atom stereocenters. The summed E-state index contributed by atoms with van der Waals surface area (Å²) in [5, 5.41) is 0. The Morgan fingerprint density at radius 2 is 1.63 bits per heavy atom. The van der Waals surface area contributed by atoms with E-state index in [1.165, 1.54) is 0 Å². The minimum Gasteiger partial charge on any atom is -0.344 e. The average Bonchev–Trinajstić information content (AvgIpc) is 3.10. The molecule has 2 aromatic heterocycles. The number of hydrogen-bond acceptors (Lipinski definition) is 3. The summed E-state index contributed by atoms with van der Waals surface area (Å²) in [7, 11) is 0. The van der Waals surface area contributed by atoms with Crippen molar-refractivity contribution in [2.75, 3.05) is 0 Å². The third-order valence-corrected chi connectivity index (χ3v) is 4.57. The molecular weight excluding hydrogens is 334 g/mol. The third-order valence-electron chi connectivity index (χ3n) is 4.57. The van der Waals surface area contributed by atoms with Crippen LogP contribution in [0.2, 0.25) is 0 Å². The molecule has 27 heavy (non-hydrogen) atoms. The van der Waals surface area contributed by atoms with E-state index in [0.29, 0.717) is 16.7 Å². The molecule has 0 radical (unpaired) electrons. The van der Waals surface area contributed by atoms with Crippen molar-refractivity contribution in [3.05, 3.63) is 72.6 Å². The van der Waals surface area contributed by atoms with Crippen molar-refractivity contribution in [3.63, 3.8) is 0 Å². The third kappa shape index (κ3) is 3.26. The number of hydrogen-bond donors (Lipinski definition) is 1. The van der Waals surface area contributed by atoms with Crippen LogP contribution in [-0.2, 0) is 0 Å². The fraction of sp³-hybridized carbons (Fsp3) is 0.174. The first-order chi connectivity index (χ1) is 12.9. The lowest BCUT2D eigenvalue weighted by molar-refractivity contribution is 0.0860. The van der Waals surface area contributed by atoms with E-state index in [1.807, 2.05) is 51.1 Å². The Morgan fingerprint density at radius 3 is 2.37 bits per heavy atom. The Kier molecular flexibility index (Phi) is 4.11. The Morgan fingerprint density at radius 1 is 0.926 bits per heavy atom. The van der Waals surface area contributed by atoms with Gasteiger partial charge in [-0.1, -0.05) is 69.3 Å². The van der Waals surface area contributed by atoms with Crippen molar-refractivity contribution in [2.24, 2.45) is 5.41 Å². The normalized spacial score (nSPS) is 11.7. The first-order valence-corrected chi connectivity index (χ1v) is 8.98. The molecule has 4 heteroatoms. The summed E-state index contributed by atoms with van der Waals surface area (Å²) < 4.78 is 0. The van der Waals surface area contributed by atoms with E-state index in [4.69, 9.17) is 4.98 Å². The minimum atomic E-state index is -0.472.